The van der Waals surface area contributed by atoms with Gasteiger partial charge in [-0.15, -0.1) is 0 Å². The van der Waals surface area contributed by atoms with Crippen LogP contribution in [0, 0.1) is 5.92 Å². The third-order valence-electron chi connectivity index (χ3n) is 4.98. The molecule has 18 heavy (non-hydrogen) atoms. The van der Waals surface area contributed by atoms with E-state index in [0.29, 0.717) is 0 Å². The molecule has 0 bridgehead atoms. The molecule has 0 amide bonds. The van der Waals surface area contributed by atoms with E-state index in [2.05, 4.69) is 24.2 Å². The van der Waals surface area contributed by atoms with Crippen LogP contribution >= 0.6 is 0 Å². The van der Waals surface area contributed by atoms with Gasteiger partial charge in [0.15, 0.2) is 0 Å². The van der Waals surface area contributed by atoms with Gasteiger partial charge in [0.1, 0.15) is 0 Å². The molecule has 0 radical (unpaired) electrons. The van der Waals surface area contributed by atoms with E-state index in [9.17, 15) is 0 Å². The zero-order valence-corrected chi connectivity index (χ0v) is 12.5. The van der Waals surface area contributed by atoms with Gasteiger partial charge in [-0.3, -0.25) is 0 Å². The molecule has 2 fully saturated rings. The van der Waals surface area contributed by atoms with Gasteiger partial charge in [-0.1, -0.05) is 26.2 Å². The van der Waals surface area contributed by atoms with E-state index in [1.165, 1.54) is 70.9 Å². The highest BCUT2D eigenvalue weighted by Crippen LogP contribution is 2.28. The quantitative estimate of drug-likeness (QED) is 0.779. The van der Waals surface area contributed by atoms with E-state index >= 15 is 0 Å². The Hall–Kier alpha value is -0.0800. The zero-order valence-electron chi connectivity index (χ0n) is 12.5. The summed E-state index contributed by atoms with van der Waals surface area (Å²) >= 11 is 0. The lowest BCUT2D eigenvalue weighted by molar-refractivity contribution is 0.182. The van der Waals surface area contributed by atoms with Gasteiger partial charge in [-0.2, -0.15) is 0 Å². The third-order valence-corrected chi connectivity index (χ3v) is 4.98. The van der Waals surface area contributed by atoms with Crippen molar-refractivity contribution in [3.05, 3.63) is 0 Å². The number of hydrogen-bond donors (Lipinski definition) is 1. The molecule has 0 aromatic carbocycles. The molecule has 0 aromatic heterocycles. The lowest BCUT2D eigenvalue weighted by Crippen LogP contribution is -2.36. The van der Waals surface area contributed by atoms with Gasteiger partial charge in [0.25, 0.3) is 0 Å². The number of nitrogens with one attached hydrogen (secondary N) is 1. The molecule has 2 aliphatic rings. The Kier molecular flexibility index (Phi) is 5.97. The Morgan fingerprint density at radius 2 is 1.83 bits per heavy atom. The number of hydrogen-bond acceptors (Lipinski definition) is 2. The minimum absolute atomic E-state index is 0.795. The fraction of sp³-hybridized carbons (Fsp3) is 1.00. The maximum atomic E-state index is 3.69. The zero-order chi connectivity index (χ0) is 12.8. The van der Waals surface area contributed by atoms with Crippen LogP contribution in [0.15, 0.2) is 0 Å². The maximum Gasteiger partial charge on any atom is 0.0108 e. The highest BCUT2D eigenvalue weighted by molar-refractivity contribution is 4.86. The second-order valence-electron chi connectivity index (χ2n) is 6.56. The minimum atomic E-state index is 0.795. The Morgan fingerprint density at radius 3 is 2.56 bits per heavy atom. The first-order valence-corrected chi connectivity index (χ1v) is 8.23. The van der Waals surface area contributed by atoms with Crippen LogP contribution in [0.2, 0.25) is 0 Å². The van der Waals surface area contributed by atoms with Gasteiger partial charge >= 0.3 is 0 Å². The molecule has 2 saturated carbocycles. The van der Waals surface area contributed by atoms with Crippen molar-refractivity contribution in [2.45, 2.75) is 76.8 Å². The van der Waals surface area contributed by atoms with Gasteiger partial charge in [0.05, 0.1) is 0 Å². The average Bonchev–Trinajstić information content (AvgIpc) is 2.86. The molecule has 2 atom stereocenters. The molecule has 0 aromatic rings. The van der Waals surface area contributed by atoms with Crippen LogP contribution < -0.4 is 5.32 Å². The summed E-state index contributed by atoms with van der Waals surface area (Å²) in [6, 6.07) is 1.64. The fourth-order valence-electron chi connectivity index (χ4n) is 3.82. The Morgan fingerprint density at radius 1 is 1.06 bits per heavy atom. The van der Waals surface area contributed by atoms with E-state index in [-0.39, 0.29) is 0 Å². The molecular formula is C16H32N2. The molecule has 0 heterocycles. The first-order chi connectivity index (χ1) is 8.79. The smallest absolute Gasteiger partial charge is 0.0108 e. The van der Waals surface area contributed by atoms with Crippen molar-refractivity contribution in [3.8, 4) is 0 Å². The highest BCUT2D eigenvalue weighted by atomic mass is 15.1. The van der Waals surface area contributed by atoms with Crippen molar-refractivity contribution < 1.29 is 0 Å². The van der Waals surface area contributed by atoms with E-state index < -0.39 is 0 Å². The summed E-state index contributed by atoms with van der Waals surface area (Å²) in [4.78, 5) is 2.67. The Labute approximate surface area is 114 Å². The van der Waals surface area contributed by atoms with E-state index in [0.717, 1.165) is 18.0 Å². The van der Waals surface area contributed by atoms with Crippen molar-refractivity contribution in [1.29, 1.82) is 0 Å². The molecule has 1 N–H and O–H groups in total. The standard InChI is InChI=1S/C16H32N2/c1-3-11-17-15-9-10-16(12-15)18(2)13-14-7-5-4-6-8-14/h14-17H,3-13H2,1-2H3. The highest BCUT2D eigenvalue weighted by Gasteiger charge is 2.28. The number of rotatable bonds is 6. The van der Waals surface area contributed by atoms with Crippen molar-refractivity contribution >= 4 is 0 Å². The van der Waals surface area contributed by atoms with Crippen molar-refractivity contribution in [2.75, 3.05) is 20.1 Å². The summed E-state index contributed by atoms with van der Waals surface area (Å²) in [6.07, 6.45) is 12.8. The first kappa shape index (κ1) is 14.3. The van der Waals surface area contributed by atoms with Crippen molar-refractivity contribution in [2.24, 2.45) is 5.92 Å². The van der Waals surface area contributed by atoms with Crippen LogP contribution in [0.1, 0.15) is 64.7 Å². The number of nitrogens with zero attached hydrogens (tertiary/aromatic N) is 1. The van der Waals surface area contributed by atoms with Gasteiger partial charge in [0.2, 0.25) is 0 Å². The molecule has 2 heteroatoms. The van der Waals surface area contributed by atoms with Gasteiger partial charge in [-0.05, 0) is 58.0 Å². The molecule has 2 nitrogen and oxygen atoms in total. The maximum absolute atomic E-state index is 3.69. The SMILES string of the molecule is CCCNC1CCC(N(C)CC2CCCCC2)C1. The Bertz CT molecular complexity index is 223. The van der Waals surface area contributed by atoms with Crippen molar-refractivity contribution in [3.63, 3.8) is 0 Å². The molecule has 0 spiro atoms. The fourth-order valence-corrected chi connectivity index (χ4v) is 3.82. The molecular weight excluding hydrogens is 220 g/mol. The second-order valence-corrected chi connectivity index (χ2v) is 6.56. The van der Waals surface area contributed by atoms with Crippen LogP contribution in [0.3, 0.4) is 0 Å². The third kappa shape index (κ3) is 4.24. The molecule has 2 unspecified atom stereocenters. The average molecular weight is 252 g/mol. The summed E-state index contributed by atoms with van der Waals surface area (Å²) < 4.78 is 0. The van der Waals surface area contributed by atoms with Crippen LogP contribution in [-0.4, -0.2) is 37.1 Å². The monoisotopic (exact) mass is 252 g/mol. The predicted octanol–water partition coefficient (Wildman–Crippen LogP) is 3.42. The predicted molar refractivity (Wildman–Crippen MR) is 78.9 cm³/mol. The van der Waals surface area contributed by atoms with Crippen LogP contribution in [0.4, 0.5) is 0 Å². The van der Waals surface area contributed by atoms with Gasteiger partial charge < -0.3 is 10.2 Å². The van der Waals surface area contributed by atoms with Crippen LogP contribution in [-0.2, 0) is 0 Å². The van der Waals surface area contributed by atoms with E-state index in [1.807, 2.05) is 0 Å². The molecule has 0 aliphatic heterocycles. The van der Waals surface area contributed by atoms with Gasteiger partial charge in [-0.25, -0.2) is 0 Å². The molecule has 2 aliphatic carbocycles. The Balaban J connectivity index is 1.67. The summed E-state index contributed by atoms with van der Waals surface area (Å²) in [6.45, 7) is 4.81. The lowest BCUT2D eigenvalue weighted by atomic mass is 9.88. The van der Waals surface area contributed by atoms with E-state index in [1.54, 1.807) is 0 Å². The van der Waals surface area contributed by atoms with Crippen molar-refractivity contribution in [1.82, 2.24) is 10.2 Å². The van der Waals surface area contributed by atoms with Crippen LogP contribution in [0.25, 0.3) is 0 Å². The largest absolute Gasteiger partial charge is 0.314 e. The lowest BCUT2D eigenvalue weighted by Gasteiger charge is -2.31. The van der Waals surface area contributed by atoms with E-state index in [4.69, 9.17) is 0 Å². The molecule has 0 saturated heterocycles. The summed E-state index contributed by atoms with van der Waals surface area (Å²) in [5, 5.41) is 3.69. The molecule has 2 rings (SSSR count). The topological polar surface area (TPSA) is 15.3 Å². The van der Waals surface area contributed by atoms with Crippen LogP contribution in [0.5, 0.6) is 0 Å². The minimum Gasteiger partial charge on any atom is -0.314 e. The summed E-state index contributed by atoms with van der Waals surface area (Å²) in [5.41, 5.74) is 0. The first-order valence-electron chi connectivity index (χ1n) is 8.23. The summed E-state index contributed by atoms with van der Waals surface area (Å²) in [7, 11) is 2.36. The molecule has 106 valence electrons. The second kappa shape index (κ2) is 7.49. The summed E-state index contributed by atoms with van der Waals surface area (Å²) in [5.74, 6) is 0.992. The normalized spacial score (nSPS) is 30.2. The van der Waals surface area contributed by atoms with Gasteiger partial charge in [0, 0.05) is 18.6 Å².